The topological polar surface area (TPSA) is 55.8 Å². The Bertz CT molecular complexity index is 243. The summed E-state index contributed by atoms with van der Waals surface area (Å²) in [6.07, 6.45) is 12.3. The van der Waals surface area contributed by atoms with Crippen LogP contribution in [0.15, 0.2) is 0 Å². The van der Waals surface area contributed by atoms with Gasteiger partial charge in [-0.1, -0.05) is 58.3 Å². The number of aliphatic hydroxyl groups excluding tert-OH is 1. The molecule has 0 aromatic heterocycles. The molecule has 0 radical (unpaired) electrons. The van der Waals surface area contributed by atoms with Gasteiger partial charge in [0, 0.05) is 19.6 Å². The van der Waals surface area contributed by atoms with Gasteiger partial charge in [-0.25, -0.2) is 0 Å². The van der Waals surface area contributed by atoms with E-state index < -0.39 is 0 Å². The van der Waals surface area contributed by atoms with E-state index >= 15 is 0 Å². The van der Waals surface area contributed by atoms with Crippen LogP contribution in [-0.2, 0) is 14.3 Å². The Kier molecular flexibility index (Phi) is 16.3. The highest BCUT2D eigenvalue weighted by Gasteiger charge is 2.07. The molecule has 4 nitrogen and oxygen atoms in total. The fourth-order valence-corrected chi connectivity index (χ4v) is 2.26. The number of carbonyl (C=O) groups is 1. The third kappa shape index (κ3) is 15.8. The van der Waals surface area contributed by atoms with E-state index in [0.717, 1.165) is 12.8 Å². The van der Waals surface area contributed by atoms with Crippen molar-refractivity contribution in [3.63, 3.8) is 0 Å². The van der Waals surface area contributed by atoms with E-state index in [0.29, 0.717) is 26.1 Å². The molecule has 0 aliphatic rings. The van der Waals surface area contributed by atoms with Gasteiger partial charge in [0.25, 0.3) is 0 Å². The van der Waals surface area contributed by atoms with Crippen LogP contribution in [0.5, 0.6) is 0 Å². The Hall–Kier alpha value is -0.610. The highest BCUT2D eigenvalue weighted by Crippen LogP contribution is 2.10. The Balaban J connectivity index is 3.28. The lowest BCUT2D eigenvalue weighted by Gasteiger charge is -2.13. The highest BCUT2D eigenvalue weighted by atomic mass is 16.6. The molecule has 0 spiro atoms. The second kappa shape index (κ2) is 16.8. The molecule has 0 aromatic carbocycles. The molecule has 0 rings (SSSR count). The summed E-state index contributed by atoms with van der Waals surface area (Å²) in [4.78, 5) is 11.6. The lowest BCUT2D eigenvalue weighted by Crippen LogP contribution is -2.19. The average molecular weight is 316 g/mol. The summed E-state index contributed by atoms with van der Waals surface area (Å²) in [5.41, 5.74) is 0. The van der Waals surface area contributed by atoms with Crippen LogP contribution in [-0.4, -0.2) is 37.0 Å². The largest absolute Gasteiger partial charge is 0.463 e. The number of unbranched alkanes of at least 4 members (excludes halogenated alkanes) is 8. The lowest BCUT2D eigenvalue weighted by molar-refractivity contribution is -0.147. The summed E-state index contributed by atoms with van der Waals surface area (Å²) in [6, 6.07) is 0. The molecule has 132 valence electrons. The van der Waals surface area contributed by atoms with Gasteiger partial charge in [0.15, 0.2) is 0 Å². The summed E-state index contributed by atoms with van der Waals surface area (Å²) in [5, 5.41) is 8.64. The van der Waals surface area contributed by atoms with Crippen molar-refractivity contribution in [2.75, 3.05) is 19.8 Å². The van der Waals surface area contributed by atoms with Crippen LogP contribution >= 0.6 is 0 Å². The molecule has 0 aliphatic carbocycles. The SMILES string of the molecule is CCCCCCCCCCCC(=O)OCC(C)OCCCO. The van der Waals surface area contributed by atoms with Crippen LogP contribution < -0.4 is 0 Å². The van der Waals surface area contributed by atoms with E-state index in [4.69, 9.17) is 14.6 Å². The van der Waals surface area contributed by atoms with Gasteiger partial charge in [0.05, 0.1) is 6.10 Å². The molecule has 0 saturated carbocycles. The molecule has 1 atom stereocenters. The van der Waals surface area contributed by atoms with Gasteiger partial charge in [-0.3, -0.25) is 4.79 Å². The first-order valence-corrected chi connectivity index (χ1v) is 9.08. The third-order valence-corrected chi connectivity index (χ3v) is 3.67. The minimum Gasteiger partial charge on any atom is -0.463 e. The van der Waals surface area contributed by atoms with Crippen molar-refractivity contribution in [1.82, 2.24) is 0 Å². The molecule has 22 heavy (non-hydrogen) atoms. The molecule has 0 aromatic rings. The standard InChI is InChI=1S/C18H36O4/c1-3-4-5-6-7-8-9-10-11-13-18(20)22-16-17(2)21-15-12-14-19/h17,19H,3-16H2,1-2H3. The number of rotatable bonds is 16. The van der Waals surface area contributed by atoms with Crippen molar-refractivity contribution >= 4 is 5.97 Å². The molecule has 1 N–H and O–H groups in total. The molecular weight excluding hydrogens is 280 g/mol. The molecule has 0 bridgehead atoms. The third-order valence-electron chi connectivity index (χ3n) is 3.67. The van der Waals surface area contributed by atoms with Crippen LogP contribution in [0.25, 0.3) is 0 Å². The molecular formula is C18H36O4. The molecule has 0 heterocycles. The average Bonchev–Trinajstić information content (AvgIpc) is 2.51. The van der Waals surface area contributed by atoms with E-state index in [-0.39, 0.29) is 18.7 Å². The quantitative estimate of drug-likeness (QED) is 0.342. The van der Waals surface area contributed by atoms with Gasteiger partial charge in [-0.05, 0) is 19.8 Å². The Morgan fingerprint density at radius 1 is 0.955 bits per heavy atom. The molecule has 4 heteroatoms. The van der Waals surface area contributed by atoms with E-state index in [1.807, 2.05) is 6.92 Å². The summed E-state index contributed by atoms with van der Waals surface area (Å²) in [6.45, 7) is 5.06. The van der Waals surface area contributed by atoms with Crippen LogP contribution in [0.4, 0.5) is 0 Å². The zero-order chi connectivity index (χ0) is 16.5. The fourth-order valence-electron chi connectivity index (χ4n) is 2.26. The monoisotopic (exact) mass is 316 g/mol. The van der Waals surface area contributed by atoms with Gasteiger partial charge in [0.1, 0.15) is 6.61 Å². The van der Waals surface area contributed by atoms with Gasteiger partial charge >= 0.3 is 5.97 Å². The van der Waals surface area contributed by atoms with Crippen molar-refractivity contribution in [3.05, 3.63) is 0 Å². The Morgan fingerprint density at radius 2 is 1.55 bits per heavy atom. The van der Waals surface area contributed by atoms with Crippen molar-refractivity contribution < 1.29 is 19.4 Å². The van der Waals surface area contributed by atoms with Crippen LogP contribution in [0.2, 0.25) is 0 Å². The first kappa shape index (κ1) is 21.4. The van der Waals surface area contributed by atoms with Gasteiger partial charge in [-0.2, -0.15) is 0 Å². The lowest BCUT2D eigenvalue weighted by atomic mass is 10.1. The first-order chi connectivity index (χ1) is 10.7. The second-order valence-corrected chi connectivity index (χ2v) is 6.02. The smallest absolute Gasteiger partial charge is 0.305 e. The first-order valence-electron chi connectivity index (χ1n) is 9.08. The van der Waals surface area contributed by atoms with Crippen LogP contribution in [0.3, 0.4) is 0 Å². The van der Waals surface area contributed by atoms with Gasteiger partial charge < -0.3 is 14.6 Å². The fraction of sp³-hybridized carbons (Fsp3) is 0.944. The summed E-state index contributed by atoms with van der Waals surface area (Å²) in [7, 11) is 0. The van der Waals surface area contributed by atoms with E-state index in [2.05, 4.69) is 6.92 Å². The Morgan fingerprint density at radius 3 is 2.14 bits per heavy atom. The number of hydrogen-bond donors (Lipinski definition) is 1. The normalized spacial score (nSPS) is 12.3. The minimum absolute atomic E-state index is 0.0985. The van der Waals surface area contributed by atoms with E-state index in [1.165, 1.54) is 44.9 Å². The number of hydrogen-bond acceptors (Lipinski definition) is 4. The van der Waals surface area contributed by atoms with Crippen LogP contribution in [0.1, 0.15) is 84.5 Å². The van der Waals surface area contributed by atoms with Crippen molar-refractivity contribution in [3.8, 4) is 0 Å². The zero-order valence-corrected chi connectivity index (χ0v) is 14.6. The molecule has 0 aliphatic heterocycles. The van der Waals surface area contributed by atoms with Gasteiger partial charge in [-0.15, -0.1) is 0 Å². The summed E-state index contributed by atoms with van der Waals surface area (Å²) >= 11 is 0. The summed E-state index contributed by atoms with van der Waals surface area (Å²) < 4.78 is 10.6. The Labute approximate surface area is 136 Å². The minimum atomic E-state index is -0.124. The van der Waals surface area contributed by atoms with Crippen molar-refractivity contribution in [2.45, 2.75) is 90.6 Å². The molecule has 0 fully saturated rings. The van der Waals surface area contributed by atoms with E-state index in [9.17, 15) is 4.79 Å². The predicted molar refractivity (Wildman–Crippen MR) is 89.9 cm³/mol. The van der Waals surface area contributed by atoms with Crippen molar-refractivity contribution in [1.29, 1.82) is 0 Å². The van der Waals surface area contributed by atoms with Crippen molar-refractivity contribution in [2.24, 2.45) is 0 Å². The highest BCUT2D eigenvalue weighted by molar-refractivity contribution is 5.69. The van der Waals surface area contributed by atoms with E-state index in [1.54, 1.807) is 0 Å². The number of carbonyl (C=O) groups excluding carboxylic acids is 1. The van der Waals surface area contributed by atoms with Gasteiger partial charge in [0.2, 0.25) is 0 Å². The predicted octanol–water partition coefficient (Wildman–Crippen LogP) is 4.24. The second-order valence-electron chi connectivity index (χ2n) is 6.02. The zero-order valence-electron chi connectivity index (χ0n) is 14.6. The molecule has 0 saturated heterocycles. The molecule has 1 unspecified atom stereocenters. The summed E-state index contributed by atoms with van der Waals surface area (Å²) in [5.74, 6) is -0.124. The van der Waals surface area contributed by atoms with Crippen LogP contribution in [0, 0.1) is 0 Å². The number of esters is 1. The maximum atomic E-state index is 11.6. The molecule has 0 amide bonds. The maximum Gasteiger partial charge on any atom is 0.305 e. The number of ether oxygens (including phenoxy) is 2. The maximum absolute atomic E-state index is 11.6. The number of aliphatic hydroxyl groups is 1.